The Bertz CT molecular complexity index is 404. The van der Waals surface area contributed by atoms with E-state index in [0.29, 0.717) is 0 Å². The fourth-order valence-electron chi connectivity index (χ4n) is 1.14. The first-order valence-electron chi connectivity index (χ1n) is 4.31. The van der Waals surface area contributed by atoms with E-state index in [1.54, 1.807) is 0 Å². The van der Waals surface area contributed by atoms with E-state index in [9.17, 15) is 18.0 Å². The van der Waals surface area contributed by atoms with Crippen molar-refractivity contribution in [1.29, 1.82) is 0 Å². The van der Waals surface area contributed by atoms with Gasteiger partial charge in [0.05, 0.1) is 5.56 Å². The summed E-state index contributed by atoms with van der Waals surface area (Å²) in [6.07, 6.45) is -4.44. The molecular formula is C10H7BrClF3O. The highest BCUT2D eigenvalue weighted by atomic mass is 79.9. The average molecular weight is 316 g/mol. The maximum absolute atomic E-state index is 12.4. The predicted octanol–water partition coefficient (Wildman–Crippen LogP) is 4.28. The van der Waals surface area contributed by atoms with E-state index in [2.05, 4.69) is 15.9 Å². The van der Waals surface area contributed by atoms with Crippen molar-refractivity contribution in [2.45, 2.75) is 12.6 Å². The number of benzene rings is 1. The standard InChI is InChI=1S/C10H7BrClF3O/c11-8-4-6(9(16)1-2-12)3-7(5-8)10(13,14)15/h3-5H,1-2H2. The van der Waals surface area contributed by atoms with Crippen LogP contribution < -0.4 is 0 Å². The van der Waals surface area contributed by atoms with Crippen LogP contribution in [0.3, 0.4) is 0 Å². The van der Waals surface area contributed by atoms with Crippen LogP contribution in [0.5, 0.6) is 0 Å². The highest BCUT2D eigenvalue weighted by Crippen LogP contribution is 2.32. The quantitative estimate of drug-likeness (QED) is 0.601. The van der Waals surface area contributed by atoms with Crippen molar-refractivity contribution in [2.75, 3.05) is 5.88 Å². The molecule has 1 aromatic carbocycles. The molecule has 0 bridgehead atoms. The van der Waals surface area contributed by atoms with Crippen LogP contribution in [0.15, 0.2) is 22.7 Å². The molecule has 0 fully saturated rings. The van der Waals surface area contributed by atoms with Crippen molar-refractivity contribution < 1.29 is 18.0 Å². The Morgan fingerprint density at radius 1 is 1.31 bits per heavy atom. The molecule has 0 aromatic heterocycles. The fourth-order valence-corrected chi connectivity index (χ4v) is 1.81. The maximum atomic E-state index is 12.4. The number of carbonyl (C=O) groups excluding carboxylic acids is 1. The van der Waals surface area contributed by atoms with Crippen LogP contribution in [0, 0.1) is 0 Å². The second-order valence-electron chi connectivity index (χ2n) is 3.09. The SMILES string of the molecule is O=C(CCCl)c1cc(Br)cc(C(F)(F)F)c1. The van der Waals surface area contributed by atoms with Crippen molar-refractivity contribution >= 4 is 33.3 Å². The molecule has 88 valence electrons. The Morgan fingerprint density at radius 2 is 1.94 bits per heavy atom. The Balaban J connectivity index is 3.13. The van der Waals surface area contributed by atoms with Gasteiger partial charge >= 0.3 is 6.18 Å². The third-order valence-electron chi connectivity index (χ3n) is 1.87. The molecule has 0 unspecified atom stereocenters. The summed E-state index contributed by atoms with van der Waals surface area (Å²) in [6, 6.07) is 3.11. The number of rotatable bonds is 3. The van der Waals surface area contributed by atoms with Gasteiger partial charge in [0.2, 0.25) is 0 Å². The molecule has 6 heteroatoms. The molecule has 0 saturated carbocycles. The second-order valence-corrected chi connectivity index (χ2v) is 4.38. The number of carbonyl (C=O) groups is 1. The van der Waals surface area contributed by atoms with Gasteiger partial charge in [-0.05, 0) is 18.2 Å². The van der Waals surface area contributed by atoms with Gasteiger partial charge < -0.3 is 0 Å². The van der Waals surface area contributed by atoms with Crippen LogP contribution in [0.4, 0.5) is 13.2 Å². The summed E-state index contributed by atoms with van der Waals surface area (Å²) >= 11 is 8.30. The molecular weight excluding hydrogens is 308 g/mol. The normalized spacial score (nSPS) is 11.6. The first-order chi connectivity index (χ1) is 7.34. The monoisotopic (exact) mass is 314 g/mol. The lowest BCUT2D eigenvalue weighted by molar-refractivity contribution is -0.137. The lowest BCUT2D eigenvalue weighted by Crippen LogP contribution is -2.08. The van der Waals surface area contributed by atoms with Crippen molar-refractivity contribution in [3.8, 4) is 0 Å². The highest BCUT2D eigenvalue weighted by Gasteiger charge is 2.31. The molecule has 1 aromatic rings. The van der Waals surface area contributed by atoms with E-state index in [1.165, 1.54) is 6.07 Å². The fraction of sp³-hybridized carbons (Fsp3) is 0.300. The maximum Gasteiger partial charge on any atom is 0.416 e. The van der Waals surface area contributed by atoms with E-state index in [0.717, 1.165) is 12.1 Å². The molecule has 1 nitrogen and oxygen atoms in total. The number of hydrogen-bond acceptors (Lipinski definition) is 1. The summed E-state index contributed by atoms with van der Waals surface area (Å²) in [5.41, 5.74) is -0.831. The lowest BCUT2D eigenvalue weighted by atomic mass is 10.1. The van der Waals surface area contributed by atoms with Crippen LogP contribution in [0.25, 0.3) is 0 Å². The van der Waals surface area contributed by atoms with Gasteiger partial charge in [-0.2, -0.15) is 13.2 Å². The number of ketones is 1. The lowest BCUT2D eigenvalue weighted by Gasteiger charge is -2.09. The Morgan fingerprint density at radius 3 is 2.44 bits per heavy atom. The Kier molecular flexibility index (Phi) is 4.38. The van der Waals surface area contributed by atoms with Gasteiger partial charge in [-0.15, -0.1) is 11.6 Å². The van der Waals surface area contributed by atoms with Crippen LogP contribution in [-0.4, -0.2) is 11.7 Å². The minimum atomic E-state index is -4.46. The Hall–Kier alpha value is -0.550. The molecule has 0 saturated heterocycles. The zero-order valence-corrected chi connectivity index (χ0v) is 10.3. The summed E-state index contributed by atoms with van der Waals surface area (Å²) in [6.45, 7) is 0. The molecule has 0 spiro atoms. The van der Waals surface area contributed by atoms with E-state index in [4.69, 9.17) is 11.6 Å². The second kappa shape index (κ2) is 5.19. The third-order valence-corrected chi connectivity index (χ3v) is 2.52. The van der Waals surface area contributed by atoms with E-state index >= 15 is 0 Å². The van der Waals surface area contributed by atoms with E-state index in [-0.39, 0.29) is 22.3 Å². The topological polar surface area (TPSA) is 17.1 Å². The van der Waals surface area contributed by atoms with Gasteiger partial charge in [-0.1, -0.05) is 15.9 Å². The molecule has 16 heavy (non-hydrogen) atoms. The molecule has 0 aliphatic rings. The summed E-state index contributed by atoms with van der Waals surface area (Å²) in [5.74, 6) is -0.311. The van der Waals surface area contributed by atoms with E-state index in [1.807, 2.05) is 0 Å². The number of Topliss-reactive ketones (excluding diaryl/α,β-unsaturated/α-hetero) is 1. The zero-order valence-electron chi connectivity index (χ0n) is 7.94. The smallest absolute Gasteiger partial charge is 0.294 e. The zero-order chi connectivity index (χ0) is 12.3. The first kappa shape index (κ1) is 13.5. The first-order valence-corrected chi connectivity index (χ1v) is 5.64. The number of hydrogen-bond donors (Lipinski definition) is 0. The van der Waals surface area contributed by atoms with Gasteiger partial charge in [0.15, 0.2) is 5.78 Å². The molecule has 0 radical (unpaired) electrons. The largest absolute Gasteiger partial charge is 0.416 e. The molecule has 0 heterocycles. The van der Waals surface area contributed by atoms with Crippen LogP contribution in [0.2, 0.25) is 0 Å². The van der Waals surface area contributed by atoms with Crippen molar-refractivity contribution in [1.82, 2.24) is 0 Å². The minimum Gasteiger partial charge on any atom is -0.294 e. The van der Waals surface area contributed by atoms with Crippen molar-refractivity contribution in [2.24, 2.45) is 0 Å². The van der Waals surface area contributed by atoms with Crippen LogP contribution >= 0.6 is 27.5 Å². The van der Waals surface area contributed by atoms with Gasteiger partial charge in [0.1, 0.15) is 0 Å². The van der Waals surface area contributed by atoms with Gasteiger partial charge in [0.25, 0.3) is 0 Å². The predicted molar refractivity (Wildman–Crippen MR) is 58.8 cm³/mol. The molecule has 0 aliphatic heterocycles. The van der Waals surface area contributed by atoms with Crippen LogP contribution in [-0.2, 0) is 6.18 Å². The molecule has 0 atom stereocenters. The summed E-state index contributed by atoms with van der Waals surface area (Å²) in [7, 11) is 0. The summed E-state index contributed by atoms with van der Waals surface area (Å²) in [4.78, 5) is 11.4. The van der Waals surface area contributed by atoms with Crippen molar-refractivity contribution in [3.63, 3.8) is 0 Å². The van der Waals surface area contributed by atoms with Gasteiger partial charge in [-0.25, -0.2) is 0 Å². The molecule has 0 amide bonds. The third kappa shape index (κ3) is 3.49. The van der Waals surface area contributed by atoms with Gasteiger partial charge in [0, 0.05) is 22.3 Å². The summed E-state index contributed by atoms with van der Waals surface area (Å²) in [5, 5.41) is 0. The van der Waals surface area contributed by atoms with Crippen LogP contribution in [0.1, 0.15) is 22.3 Å². The summed E-state index contributed by atoms with van der Waals surface area (Å²) < 4.78 is 37.5. The number of halogens is 5. The highest BCUT2D eigenvalue weighted by molar-refractivity contribution is 9.10. The van der Waals surface area contributed by atoms with E-state index < -0.39 is 17.5 Å². The molecule has 0 N–H and O–H groups in total. The number of alkyl halides is 4. The molecule has 1 rings (SSSR count). The van der Waals surface area contributed by atoms with Gasteiger partial charge in [-0.3, -0.25) is 4.79 Å². The van der Waals surface area contributed by atoms with Crippen molar-refractivity contribution in [3.05, 3.63) is 33.8 Å². The Labute approximate surface area is 104 Å². The average Bonchev–Trinajstić information content (AvgIpc) is 2.16. The minimum absolute atomic E-state index is 0.0161. The molecule has 0 aliphatic carbocycles.